The van der Waals surface area contributed by atoms with Gasteiger partial charge in [0.05, 0.1) is 11.7 Å². The molecule has 1 aliphatic rings. The fourth-order valence-electron chi connectivity index (χ4n) is 1.75. The van der Waals surface area contributed by atoms with E-state index in [1.165, 1.54) is 24.3 Å². The van der Waals surface area contributed by atoms with Crippen molar-refractivity contribution in [2.75, 3.05) is 11.5 Å². The van der Waals surface area contributed by atoms with Crippen molar-refractivity contribution >= 4 is 11.8 Å². The van der Waals surface area contributed by atoms with Crippen LogP contribution in [-0.4, -0.2) is 21.3 Å². The summed E-state index contributed by atoms with van der Waals surface area (Å²) in [6, 6.07) is 2.59. The molecule has 1 aromatic rings. The van der Waals surface area contributed by atoms with Crippen LogP contribution >= 0.6 is 11.8 Å². The predicted molar refractivity (Wildman–Crippen MR) is 55.7 cm³/mol. The van der Waals surface area contributed by atoms with Gasteiger partial charge < -0.3 is 5.73 Å². The van der Waals surface area contributed by atoms with Gasteiger partial charge in [-0.3, -0.25) is 4.68 Å². The molecule has 3 nitrogen and oxygen atoms in total. The third-order valence-electron chi connectivity index (χ3n) is 2.44. The Labute approximate surface area is 82.7 Å². The minimum atomic E-state index is 0.576. The summed E-state index contributed by atoms with van der Waals surface area (Å²) >= 11 is 2.02. The lowest BCUT2D eigenvalue weighted by atomic mass is 10.2. The molecular weight excluding hydrogens is 182 g/mol. The number of thioether (sulfide) groups is 1. The van der Waals surface area contributed by atoms with E-state index in [9.17, 15) is 0 Å². The van der Waals surface area contributed by atoms with Crippen LogP contribution in [0.15, 0.2) is 12.3 Å². The first-order valence-corrected chi connectivity index (χ1v) is 5.87. The predicted octanol–water partition coefficient (Wildman–Crippen LogP) is 1.41. The van der Waals surface area contributed by atoms with Gasteiger partial charge in [0.25, 0.3) is 0 Å². The van der Waals surface area contributed by atoms with Gasteiger partial charge in [-0.25, -0.2) is 0 Å². The van der Waals surface area contributed by atoms with Crippen LogP contribution in [0.4, 0.5) is 0 Å². The maximum Gasteiger partial charge on any atom is 0.0613 e. The lowest BCUT2D eigenvalue weighted by molar-refractivity contribution is 0.440. The molecule has 0 saturated carbocycles. The maximum absolute atomic E-state index is 5.63. The molecule has 0 bridgehead atoms. The highest BCUT2D eigenvalue weighted by atomic mass is 32.2. The second kappa shape index (κ2) is 4.15. The first-order valence-electron chi connectivity index (χ1n) is 4.72. The van der Waals surface area contributed by atoms with E-state index in [4.69, 9.17) is 5.73 Å². The summed E-state index contributed by atoms with van der Waals surface area (Å²) in [4.78, 5) is 0. The van der Waals surface area contributed by atoms with Gasteiger partial charge >= 0.3 is 0 Å². The van der Waals surface area contributed by atoms with Crippen molar-refractivity contribution in [2.45, 2.75) is 25.4 Å². The summed E-state index contributed by atoms with van der Waals surface area (Å²) in [5.74, 6) is 2.49. The van der Waals surface area contributed by atoms with E-state index in [1.54, 1.807) is 0 Å². The summed E-state index contributed by atoms with van der Waals surface area (Å²) in [5.41, 5.74) is 6.79. The molecule has 2 heterocycles. The van der Waals surface area contributed by atoms with E-state index >= 15 is 0 Å². The van der Waals surface area contributed by atoms with E-state index in [2.05, 4.69) is 9.78 Å². The second-order valence-electron chi connectivity index (χ2n) is 3.34. The van der Waals surface area contributed by atoms with E-state index in [1.807, 2.05) is 24.0 Å². The van der Waals surface area contributed by atoms with E-state index < -0.39 is 0 Å². The average Bonchev–Trinajstić information content (AvgIpc) is 2.67. The van der Waals surface area contributed by atoms with Crippen molar-refractivity contribution in [1.29, 1.82) is 0 Å². The Balaban J connectivity index is 2.13. The Morgan fingerprint density at radius 3 is 3.31 bits per heavy atom. The van der Waals surface area contributed by atoms with E-state index in [0.717, 1.165) is 5.69 Å². The van der Waals surface area contributed by atoms with Crippen molar-refractivity contribution < 1.29 is 0 Å². The van der Waals surface area contributed by atoms with Crippen LogP contribution in [-0.2, 0) is 6.54 Å². The number of hydrogen-bond donors (Lipinski definition) is 1. The quantitative estimate of drug-likeness (QED) is 0.779. The molecule has 2 rings (SSSR count). The van der Waals surface area contributed by atoms with Gasteiger partial charge in [0.1, 0.15) is 0 Å². The molecule has 0 spiro atoms. The molecule has 0 amide bonds. The van der Waals surface area contributed by atoms with Crippen molar-refractivity contribution in [1.82, 2.24) is 9.78 Å². The molecule has 1 aliphatic heterocycles. The van der Waals surface area contributed by atoms with Crippen molar-refractivity contribution in [3.05, 3.63) is 18.0 Å². The zero-order valence-electron chi connectivity index (χ0n) is 7.65. The third-order valence-corrected chi connectivity index (χ3v) is 3.64. The Kier molecular flexibility index (Phi) is 2.90. The van der Waals surface area contributed by atoms with Gasteiger partial charge in [0.2, 0.25) is 0 Å². The molecular formula is C9H15N3S. The monoisotopic (exact) mass is 197 g/mol. The molecule has 4 heteroatoms. The van der Waals surface area contributed by atoms with Crippen molar-refractivity contribution in [2.24, 2.45) is 5.73 Å². The van der Waals surface area contributed by atoms with E-state index in [0.29, 0.717) is 12.6 Å². The largest absolute Gasteiger partial charge is 0.325 e. The second-order valence-corrected chi connectivity index (χ2v) is 4.49. The number of nitrogens with two attached hydrogens (primary N) is 1. The SMILES string of the molecule is NCc1ccnn1C1CCCSC1. The smallest absolute Gasteiger partial charge is 0.0613 e. The highest BCUT2D eigenvalue weighted by molar-refractivity contribution is 7.99. The molecule has 0 aliphatic carbocycles. The van der Waals surface area contributed by atoms with Gasteiger partial charge in [0, 0.05) is 18.5 Å². The molecule has 72 valence electrons. The highest BCUT2D eigenvalue weighted by Crippen LogP contribution is 2.26. The Morgan fingerprint density at radius 1 is 1.69 bits per heavy atom. The molecule has 1 saturated heterocycles. The van der Waals surface area contributed by atoms with Gasteiger partial charge in [-0.05, 0) is 24.7 Å². The zero-order chi connectivity index (χ0) is 9.10. The van der Waals surface area contributed by atoms with Crippen LogP contribution in [0.2, 0.25) is 0 Å². The number of aromatic nitrogens is 2. The van der Waals surface area contributed by atoms with Gasteiger partial charge in [-0.2, -0.15) is 16.9 Å². The molecule has 1 atom stereocenters. The Bertz CT molecular complexity index is 266. The summed E-state index contributed by atoms with van der Waals surface area (Å²) in [7, 11) is 0. The molecule has 0 aromatic carbocycles. The molecule has 13 heavy (non-hydrogen) atoms. The standard InChI is InChI=1S/C9H15N3S/c10-6-8-3-4-11-12(8)9-2-1-5-13-7-9/h3-4,9H,1-2,5-7,10H2. The Morgan fingerprint density at radius 2 is 2.62 bits per heavy atom. The van der Waals surface area contributed by atoms with Crippen LogP contribution in [0.5, 0.6) is 0 Å². The molecule has 1 unspecified atom stereocenters. The molecule has 1 aromatic heterocycles. The summed E-state index contributed by atoms with van der Waals surface area (Å²) in [6.07, 6.45) is 4.41. The highest BCUT2D eigenvalue weighted by Gasteiger charge is 2.17. The zero-order valence-corrected chi connectivity index (χ0v) is 8.46. The summed E-state index contributed by atoms with van der Waals surface area (Å²) in [6.45, 7) is 0.598. The van der Waals surface area contributed by atoms with Crippen LogP contribution in [0.3, 0.4) is 0 Å². The normalized spacial score (nSPS) is 23.3. The fraction of sp³-hybridized carbons (Fsp3) is 0.667. The van der Waals surface area contributed by atoms with Crippen molar-refractivity contribution in [3.63, 3.8) is 0 Å². The van der Waals surface area contributed by atoms with Gasteiger partial charge in [0.15, 0.2) is 0 Å². The van der Waals surface area contributed by atoms with Crippen LogP contribution in [0, 0.1) is 0 Å². The lowest BCUT2D eigenvalue weighted by Gasteiger charge is -2.23. The topological polar surface area (TPSA) is 43.8 Å². The van der Waals surface area contributed by atoms with E-state index in [-0.39, 0.29) is 0 Å². The minimum Gasteiger partial charge on any atom is -0.325 e. The number of rotatable bonds is 2. The average molecular weight is 197 g/mol. The van der Waals surface area contributed by atoms with Crippen LogP contribution in [0.1, 0.15) is 24.6 Å². The molecule has 2 N–H and O–H groups in total. The molecule has 0 radical (unpaired) electrons. The fourth-order valence-corrected chi connectivity index (χ4v) is 2.87. The van der Waals surface area contributed by atoms with Gasteiger partial charge in [-0.15, -0.1) is 0 Å². The van der Waals surface area contributed by atoms with Crippen molar-refractivity contribution in [3.8, 4) is 0 Å². The maximum atomic E-state index is 5.63. The number of nitrogens with zero attached hydrogens (tertiary/aromatic N) is 2. The third kappa shape index (κ3) is 1.89. The first-order chi connectivity index (χ1) is 6.42. The number of hydrogen-bond acceptors (Lipinski definition) is 3. The van der Waals surface area contributed by atoms with Crippen LogP contribution in [0.25, 0.3) is 0 Å². The lowest BCUT2D eigenvalue weighted by Crippen LogP contribution is -2.20. The minimum absolute atomic E-state index is 0.576. The first kappa shape index (κ1) is 9.09. The van der Waals surface area contributed by atoms with Crippen LogP contribution < -0.4 is 5.73 Å². The van der Waals surface area contributed by atoms with Gasteiger partial charge in [-0.1, -0.05) is 0 Å². The molecule has 1 fully saturated rings. The Hall–Kier alpha value is -0.480. The summed E-state index contributed by atoms with van der Waals surface area (Å²) < 4.78 is 2.10. The summed E-state index contributed by atoms with van der Waals surface area (Å²) in [5, 5.41) is 4.33.